The van der Waals surface area contributed by atoms with Crippen LogP contribution < -0.4 is 9.62 Å². The monoisotopic (exact) mass is 567 g/mol. The number of anilines is 1. The van der Waals surface area contributed by atoms with Gasteiger partial charge in [-0.15, -0.1) is 0 Å². The number of hydrogen-bond acceptors (Lipinski definition) is 4. The zero-order valence-corrected chi connectivity index (χ0v) is 22.1. The summed E-state index contributed by atoms with van der Waals surface area (Å²) in [6.45, 7) is 2.81. The van der Waals surface area contributed by atoms with Crippen LogP contribution in [0.15, 0.2) is 42.5 Å². The van der Waals surface area contributed by atoms with E-state index in [1.165, 1.54) is 4.90 Å². The van der Waals surface area contributed by atoms with Crippen molar-refractivity contribution in [3.8, 4) is 0 Å². The number of sulfonamides is 1. The molecule has 0 radical (unpaired) electrons. The summed E-state index contributed by atoms with van der Waals surface area (Å²) >= 11 is 11.6. The Kier molecular flexibility index (Phi) is 10.0. The van der Waals surface area contributed by atoms with Gasteiger partial charge in [0.25, 0.3) is 0 Å². The Morgan fingerprint density at radius 1 is 1.06 bits per heavy atom. The van der Waals surface area contributed by atoms with Crippen molar-refractivity contribution in [1.29, 1.82) is 0 Å². The smallest absolute Gasteiger partial charge is 0.355 e. The van der Waals surface area contributed by atoms with Crippen LogP contribution in [-0.2, 0) is 32.3 Å². The Morgan fingerprint density at radius 2 is 1.67 bits per heavy atom. The third kappa shape index (κ3) is 7.75. The summed E-state index contributed by atoms with van der Waals surface area (Å²) in [4.78, 5) is 27.4. The van der Waals surface area contributed by atoms with E-state index in [1.54, 1.807) is 38.1 Å². The number of halogens is 5. The first-order valence-electron chi connectivity index (χ1n) is 10.8. The van der Waals surface area contributed by atoms with Gasteiger partial charge in [0.2, 0.25) is 21.8 Å². The first kappa shape index (κ1) is 29.7. The zero-order chi connectivity index (χ0) is 27.3. The highest BCUT2D eigenvalue weighted by Crippen LogP contribution is 2.37. The average molecular weight is 568 g/mol. The molecule has 36 heavy (non-hydrogen) atoms. The number of rotatable bonds is 10. The lowest BCUT2D eigenvalue weighted by atomic mass is 10.1. The Bertz CT molecular complexity index is 1190. The van der Waals surface area contributed by atoms with Crippen LogP contribution in [0.1, 0.15) is 31.4 Å². The minimum Gasteiger partial charge on any atom is -0.355 e. The lowest BCUT2D eigenvalue weighted by molar-refractivity contribution is -0.140. The molecule has 13 heteroatoms. The third-order valence-electron chi connectivity index (χ3n) is 5.23. The van der Waals surface area contributed by atoms with Crippen molar-refractivity contribution in [2.75, 3.05) is 23.7 Å². The molecule has 1 atom stereocenters. The molecule has 0 aliphatic carbocycles. The van der Waals surface area contributed by atoms with E-state index in [0.717, 1.165) is 18.4 Å². The molecule has 0 fully saturated rings. The van der Waals surface area contributed by atoms with Gasteiger partial charge in [0, 0.05) is 18.1 Å². The van der Waals surface area contributed by atoms with Gasteiger partial charge in [-0.2, -0.15) is 13.2 Å². The van der Waals surface area contributed by atoms with E-state index in [9.17, 15) is 31.2 Å². The van der Waals surface area contributed by atoms with Crippen molar-refractivity contribution >= 4 is 50.7 Å². The molecule has 2 aromatic carbocycles. The molecular weight excluding hydrogens is 542 g/mol. The second kappa shape index (κ2) is 12.2. The summed E-state index contributed by atoms with van der Waals surface area (Å²) in [6.07, 6.45) is -3.86. The maximum atomic E-state index is 13.5. The number of amides is 2. The fourth-order valence-electron chi connectivity index (χ4n) is 3.50. The van der Waals surface area contributed by atoms with Crippen LogP contribution in [-0.4, -0.2) is 50.5 Å². The lowest BCUT2D eigenvalue weighted by Crippen LogP contribution is -2.52. The van der Waals surface area contributed by atoms with Crippen LogP contribution in [0.3, 0.4) is 0 Å². The van der Waals surface area contributed by atoms with Crippen molar-refractivity contribution in [2.45, 2.75) is 39.0 Å². The summed E-state index contributed by atoms with van der Waals surface area (Å²) in [7, 11) is -4.21. The van der Waals surface area contributed by atoms with Gasteiger partial charge in [0.15, 0.2) is 0 Å². The average Bonchev–Trinajstić information content (AvgIpc) is 2.77. The predicted octanol–water partition coefficient (Wildman–Crippen LogP) is 4.72. The number of likely N-dealkylation sites (N-methyl/N-ethyl adjacent to an activating group) is 1. The molecule has 0 aliphatic heterocycles. The molecule has 7 nitrogen and oxygen atoms in total. The molecule has 0 saturated heterocycles. The van der Waals surface area contributed by atoms with Gasteiger partial charge in [-0.1, -0.05) is 42.3 Å². The SMILES string of the molecule is CCNC(=O)C(CC)N(Cc1ccc(Cl)cc1)C(=O)CN(c1ccc(Cl)c(C(F)(F)F)c1)S(C)(=O)=O. The van der Waals surface area contributed by atoms with E-state index in [0.29, 0.717) is 27.5 Å². The van der Waals surface area contributed by atoms with Crippen molar-refractivity contribution in [2.24, 2.45) is 0 Å². The van der Waals surface area contributed by atoms with E-state index in [-0.39, 0.29) is 18.7 Å². The van der Waals surface area contributed by atoms with Crippen LogP contribution in [0.2, 0.25) is 10.0 Å². The normalized spacial score (nSPS) is 12.7. The standard InChI is InChI=1S/C23H26Cl2F3N3O4S/c1-4-20(22(33)29-5-2)30(13-15-6-8-16(24)9-7-15)21(32)14-31(36(3,34)35)17-10-11-19(25)18(12-17)23(26,27)28/h6-12,20H,4-5,13-14H2,1-3H3,(H,29,33). The molecule has 0 spiro atoms. The second-order valence-corrected chi connectivity index (χ2v) is 10.6. The molecule has 1 N–H and O–H groups in total. The van der Waals surface area contributed by atoms with Gasteiger partial charge in [0.1, 0.15) is 12.6 Å². The van der Waals surface area contributed by atoms with Crippen molar-refractivity contribution in [3.63, 3.8) is 0 Å². The van der Waals surface area contributed by atoms with E-state index in [1.807, 2.05) is 0 Å². The van der Waals surface area contributed by atoms with E-state index >= 15 is 0 Å². The van der Waals surface area contributed by atoms with Gasteiger partial charge < -0.3 is 10.2 Å². The minimum atomic E-state index is -4.84. The highest BCUT2D eigenvalue weighted by Gasteiger charge is 2.36. The number of hydrogen-bond donors (Lipinski definition) is 1. The second-order valence-electron chi connectivity index (χ2n) is 7.90. The largest absolute Gasteiger partial charge is 0.417 e. The Hall–Kier alpha value is -2.50. The van der Waals surface area contributed by atoms with Crippen molar-refractivity contribution in [3.05, 3.63) is 63.6 Å². The molecule has 0 heterocycles. The van der Waals surface area contributed by atoms with Gasteiger partial charge in [0.05, 0.1) is 22.5 Å². The first-order valence-corrected chi connectivity index (χ1v) is 13.5. The van der Waals surface area contributed by atoms with Crippen LogP contribution in [0.4, 0.5) is 18.9 Å². The summed E-state index contributed by atoms with van der Waals surface area (Å²) in [5.41, 5.74) is -1.01. The fourth-order valence-corrected chi connectivity index (χ4v) is 4.69. The van der Waals surface area contributed by atoms with Gasteiger partial charge in [-0.25, -0.2) is 8.42 Å². The summed E-state index contributed by atoms with van der Waals surface area (Å²) in [6, 6.07) is 8.11. The molecule has 0 aromatic heterocycles. The van der Waals surface area contributed by atoms with Crippen LogP contribution in [0.5, 0.6) is 0 Å². The molecule has 2 amide bonds. The third-order valence-corrected chi connectivity index (χ3v) is 6.95. The van der Waals surface area contributed by atoms with Crippen molar-refractivity contribution in [1.82, 2.24) is 10.2 Å². The van der Waals surface area contributed by atoms with Crippen LogP contribution in [0, 0.1) is 0 Å². The van der Waals surface area contributed by atoms with Crippen molar-refractivity contribution < 1.29 is 31.2 Å². The lowest BCUT2D eigenvalue weighted by Gasteiger charge is -2.33. The minimum absolute atomic E-state index is 0.0579. The highest BCUT2D eigenvalue weighted by atomic mass is 35.5. The number of alkyl halides is 3. The Balaban J connectivity index is 2.51. The topological polar surface area (TPSA) is 86.8 Å². The quantitative estimate of drug-likeness (QED) is 0.450. The predicted molar refractivity (Wildman–Crippen MR) is 133 cm³/mol. The number of benzene rings is 2. The van der Waals surface area contributed by atoms with E-state index in [4.69, 9.17) is 23.2 Å². The summed E-state index contributed by atoms with van der Waals surface area (Å²) < 4.78 is 65.8. The zero-order valence-electron chi connectivity index (χ0n) is 19.8. The summed E-state index contributed by atoms with van der Waals surface area (Å²) in [5.74, 6) is -1.23. The van der Waals surface area contributed by atoms with E-state index in [2.05, 4.69) is 5.32 Å². The highest BCUT2D eigenvalue weighted by molar-refractivity contribution is 7.92. The van der Waals surface area contributed by atoms with Crippen LogP contribution >= 0.6 is 23.2 Å². The Labute approximate surface area is 218 Å². The molecule has 1 unspecified atom stereocenters. The maximum Gasteiger partial charge on any atom is 0.417 e. The number of nitrogens with zero attached hydrogens (tertiary/aromatic N) is 2. The van der Waals surface area contributed by atoms with Gasteiger partial charge in [-0.05, 0) is 49.2 Å². The molecule has 2 rings (SSSR count). The number of carbonyl (C=O) groups excluding carboxylic acids is 2. The molecular formula is C23H26Cl2F3N3O4S. The van der Waals surface area contributed by atoms with Gasteiger partial charge >= 0.3 is 6.18 Å². The number of nitrogens with one attached hydrogen (secondary N) is 1. The molecule has 0 bridgehead atoms. The first-order chi connectivity index (χ1) is 16.7. The molecule has 198 valence electrons. The molecule has 0 saturated carbocycles. The van der Waals surface area contributed by atoms with Crippen LogP contribution in [0.25, 0.3) is 0 Å². The molecule has 2 aromatic rings. The summed E-state index contributed by atoms with van der Waals surface area (Å²) in [5, 5.41) is 2.49. The fraction of sp³-hybridized carbons (Fsp3) is 0.391. The van der Waals surface area contributed by atoms with Gasteiger partial charge in [-0.3, -0.25) is 13.9 Å². The molecule has 0 aliphatic rings. The maximum absolute atomic E-state index is 13.5. The van der Waals surface area contributed by atoms with E-state index < -0.39 is 51.2 Å². The Morgan fingerprint density at radius 3 is 2.17 bits per heavy atom. The number of carbonyl (C=O) groups is 2.